The van der Waals surface area contributed by atoms with E-state index in [0.29, 0.717) is 36.3 Å². The second-order valence-corrected chi connectivity index (χ2v) is 7.91. The van der Waals surface area contributed by atoms with Crippen molar-refractivity contribution in [3.8, 4) is 11.5 Å². The van der Waals surface area contributed by atoms with E-state index in [1.54, 1.807) is 6.92 Å². The Morgan fingerprint density at radius 2 is 2.28 bits per heavy atom. The van der Waals surface area contributed by atoms with Crippen molar-refractivity contribution in [3.63, 3.8) is 0 Å². The monoisotopic (exact) mass is 341 g/mol. The number of rotatable bonds is 2. The third-order valence-corrected chi connectivity index (χ3v) is 6.88. The van der Waals surface area contributed by atoms with E-state index >= 15 is 0 Å². The molecule has 2 fully saturated rings. The van der Waals surface area contributed by atoms with Gasteiger partial charge in [0.1, 0.15) is 0 Å². The lowest BCUT2D eigenvalue weighted by Crippen LogP contribution is -2.65. The standard InChI is InChI=1S/C20H23NO4/c1-3-16(23)24-15-7-4-11-10-13-12-5-6-14(22)19-20(12,8-9-21(13)2)17(11)18(15)25-19/h4,7,12-13,19H,3,5-6,8-10H2,1-2H3/t12?,13?,19-,20?/m0/s1. The van der Waals surface area contributed by atoms with E-state index in [9.17, 15) is 9.59 Å². The van der Waals surface area contributed by atoms with Gasteiger partial charge < -0.3 is 14.4 Å². The van der Waals surface area contributed by atoms with Gasteiger partial charge in [-0.2, -0.15) is 0 Å². The van der Waals surface area contributed by atoms with Crippen LogP contribution >= 0.6 is 0 Å². The van der Waals surface area contributed by atoms with Gasteiger partial charge in [-0.3, -0.25) is 9.59 Å². The molecule has 2 aliphatic heterocycles. The average molecular weight is 341 g/mol. The van der Waals surface area contributed by atoms with E-state index < -0.39 is 6.10 Å². The van der Waals surface area contributed by atoms with Crippen molar-refractivity contribution in [1.29, 1.82) is 0 Å². The number of likely N-dealkylation sites (N-methyl/N-ethyl adjacent to an activating group) is 1. The second kappa shape index (κ2) is 5.07. The molecule has 0 radical (unpaired) electrons. The first-order chi connectivity index (χ1) is 12.1. The highest BCUT2D eigenvalue weighted by molar-refractivity contribution is 5.89. The van der Waals surface area contributed by atoms with Gasteiger partial charge in [0.05, 0.1) is 0 Å². The van der Waals surface area contributed by atoms with Gasteiger partial charge in [0.2, 0.25) is 0 Å². The first kappa shape index (κ1) is 15.4. The Hall–Kier alpha value is -1.88. The van der Waals surface area contributed by atoms with E-state index in [4.69, 9.17) is 9.47 Å². The molecule has 5 rings (SSSR count). The largest absolute Gasteiger partial charge is 0.477 e. The number of esters is 1. The van der Waals surface area contributed by atoms with Crippen LogP contribution < -0.4 is 9.47 Å². The molecule has 1 aromatic carbocycles. The third kappa shape index (κ3) is 1.82. The zero-order chi connectivity index (χ0) is 17.3. The number of carbonyl (C=O) groups excluding carboxylic acids is 2. The molecule has 2 heterocycles. The first-order valence-corrected chi connectivity index (χ1v) is 9.33. The number of carbonyl (C=O) groups is 2. The van der Waals surface area contributed by atoms with E-state index in [-0.39, 0.29) is 17.2 Å². The summed E-state index contributed by atoms with van der Waals surface area (Å²) in [6.07, 6.45) is 3.36. The molecule has 2 bridgehead atoms. The summed E-state index contributed by atoms with van der Waals surface area (Å²) in [6, 6.07) is 4.39. The maximum Gasteiger partial charge on any atom is 0.311 e. The van der Waals surface area contributed by atoms with Crippen LogP contribution in [0.15, 0.2) is 12.1 Å². The van der Waals surface area contributed by atoms with Crippen LogP contribution in [0, 0.1) is 5.92 Å². The molecule has 3 unspecified atom stereocenters. The second-order valence-electron chi connectivity index (χ2n) is 7.91. The van der Waals surface area contributed by atoms with Crippen molar-refractivity contribution in [3.05, 3.63) is 23.3 Å². The van der Waals surface area contributed by atoms with Gasteiger partial charge in [-0.05, 0) is 50.4 Å². The minimum atomic E-state index is -0.405. The molecule has 25 heavy (non-hydrogen) atoms. The summed E-state index contributed by atoms with van der Waals surface area (Å²) < 4.78 is 11.8. The average Bonchev–Trinajstić information content (AvgIpc) is 2.96. The predicted octanol–water partition coefficient (Wildman–Crippen LogP) is 2.24. The summed E-state index contributed by atoms with van der Waals surface area (Å²) in [5.41, 5.74) is 2.21. The van der Waals surface area contributed by atoms with Crippen LogP contribution in [-0.2, 0) is 21.4 Å². The summed E-state index contributed by atoms with van der Waals surface area (Å²) in [5, 5.41) is 0. The normalized spacial score (nSPS) is 35.1. The summed E-state index contributed by atoms with van der Waals surface area (Å²) >= 11 is 0. The number of ether oxygens (including phenoxy) is 2. The SMILES string of the molecule is CCC(=O)Oc1ccc2c3c1O[C@H]1C(=O)CCC4C(C2)N(C)CCC341. The lowest BCUT2D eigenvalue weighted by atomic mass is 9.52. The number of ketones is 1. The summed E-state index contributed by atoms with van der Waals surface area (Å²) in [5.74, 6) is 1.52. The Morgan fingerprint density at radius 3 is 3.08 bits per heavy atom. The fourth-order valence-corrected chi connectivity index (χ4v) is 5.79. The first-order valence-electron chi connectivity index (χ1n) is 9.33. The van der Waals surface area contributed by atoms with Crippen LogP contribution in [0.4, 0.5) is 0 Å². The van der Waals surface area contributed by atoms with Gasteiger partial charge in [0.25, 0.3) is 0 Å². The van der Waals surface area contributed by atoms with Gasteiger partial charge in [0, 0.05) is 29.9 Å². The van der Waals surface area contributed by atoms with Gasteiger partial charge in [-0.15, -0.1) is 0 Å². The fraction of sp³-hybridized carbons (Fsp3) is 0.600. The highest BCUT2D eigenvalue weighted by Gasteiger charge is 2.65. The number of likely N-dealkylation sites (tertiary alicyclic amines) is 1. The number of piperidine rings is 1. The molecule has 132 valence electrons. The highest BCUT2D eigenvalue weighted by Crippen LogP contribution is 2.63. The van der Waals surface area contributed by atoms with Crippen molar-refractivity contribution < 1.29 is 19.1 Å². The topological polar surface area (TPSA) is 55.8 Å². The van der Waals surface area contributed by atoms with Crippen LogP contribution in [0.2, 0.25) is 0 Å². The molecule has 1 aromatic rings. The summed E-state index contributed by atoms with van der Waals surface area (Å²) in [7, 11) is 2.20. The van der Waals surface area contributed by atoms with Crippen LogP contribution in [0.3, 0.4) is 0 Å². The smallest absolute Gasteiger partial charge is 0.311 e. The van der Waals surface area contributed by atoms with E-state index in [2.05, 4.69) is 18.0 Å². The van der Waals surface area contributed by atoms with Crippen molar-refractivity contribution in [2.45, 2.75) is 56.6 Å². The molecular formula is C20H23NO4. The number of hydrogen-bond acceptors (Lipinski definition) is 5. The molecule has 1 saturated heterocycles. The highest BCUT2D eigenvalue weighted by atomic mass is 16.6. The lowest BCUT2D eigenvalue weighted by molar-refractivity contribution is -0.138. The van der Waals surface area contributed by atoms with Crippen molar-refractivity contribution in [2.24, 2.45) is 5.92 Å². The van der Waals surface area contributed by atoms with Gasteiger partial charge in [-0.1, -0.05) is 13.0 Å². The van der Waals surface area contributed by atoms with Crippen LogP contribution in [-0.4, -0.2) is 42.4 Å². The molecule has 0 amide bonds. The molecular weight excluding hydrogens is 318 g/mol. The van der Waals surface area contributed by atoms with Gasteiger partial charge >= 0.3 is 5.97 Å². The Labute approximate surface area is 147 Å². The van der Waals surface area contributed by atoms with Crippen LogP contribution in [0.1, 0.15) is 43.7 Å². The van der Waals surface area contributed by atoms with Gasteiger partial charge in [-0.25, -0.2) is 0 Å². The molecule has 4 aliphatic rings. The molecule has 1 saturated carbocycles. The van der Waals surface area contributed by atoms with Crippen molar-refractivity contribution in [2.75, 3.05) is 13.6 Å². The molecule has 1 spiro atoms. The number of benzene rings is 1. The minimum Gasteiger partial charge on any atom is -0.477 e. The maximum atomic E-state index is 12.7. The van der Waals surface area contributed by atoms with Crippen molar-refractivity contribution >= 4 is 11.8 Å². The maximum absolute atomic E-state index is 12.7. The number of hydrogen-bond donors (Lipinski definition) is 0. The molecule has 4 atom stereocenters. The Morgan fingerprint density at radius 1 is 1.44 bits per heavy atom. The fourth-order valence-electron chi connectivity index (χ4n) is 5.79. The molecule has 5 nitrogen and oxygen atoms in total. The Balaban J connectivity index is 1.72. The Bertz CT molecular complexity index is 788. The van der Waals surface area contributed by atoms with Crippen molar-refractivity contribution in [1.82, 2.24) is 4.90 Å². The predicted molar refractivity (Wildman–Crippen MR) is 90.9 cm³/mol. The zero-order valence-corrected chi connectivity index (χ0v) is 14.7. The number of Topliss-reactive ketones (excluding diaryl/α,β-unsaturated/α-hetero) is 1. The summed E-state index contributed by atoms with van der Waals surface area (Å²) in [6.45, 7) is 2.76. The zero-order valence-electron chi connectivity index (χ0n) is 14.7. The van der Waals surface area contributed by atoms with E-state index in [0.717, 1.165) is 25.8 Å². The number of nitrogens with zero attached hydrogens (tertiary/aromatic N) is 1. The molecule has 0 aromatic heterocycles. The Kier molecular flexibility index (Phi) is 3.12. The third-order valence-electron chi connectivity index (χ3n) is 6.88. The summed E-state index contributed by atoms with van der Waals surface area (Å²) in [4.78, 5) is 27.0. The van der Waals surface area contributed by atoms with Crippen LogP contribution in [0.5, 0.6) is 11.5 Å². The molecule has 0 N–H and O–H groups in total. The van der Waals surface area contributed by atoms with Gasteiger partial charge in [0.15, 0.2) is 23.4 Å². The van der Waals surface area contributed by atoms with E-state index in [1.165, 1.54) is 11.1 Å². The quantitative estimate of drug-likeness (QED) is 0.610. The van der Waals surface area contributed by atoms with E-state index in [1.807, 2.05) is 6.07 Å². The lowest BCUT2D eigenvalue weighted by Gasteiger charge is -2.57. The van der Waals surface area contributed by atoms with Crippen LogP contribution in [0.25, 0.3) is 0 Å². The molecule has 2 aliphatic carbocycles. The minimum absolute atomic E-state index is 0.205. The molecule has 5 heteroatoms.